The van der Waals surface area contributed by atoms with Crippen molar-refractivity contribution >= 4 is 67.5 Å². The Balaban J connectivity index is 1.38. The van der Waals surface area contributed by atoms with Gasteiger partial charge in [0.05, 0.1) is 21.9 Å². The summed E-state index contributed by atoms with van der Waals surface area (Å²) in [5.74, 6) is -0.194. The predicted molar refractivity (Wildman–Crippen MR) is 143 cm³/mol. The molecule has 2 amide bonds. The largest absolute Gasteiger partial charge is 0.326 e. The molecule has 0 aliphatic rings. The number of thioether (sulfide) groups is 1. The van der Waals surface area contributed by atoms with Gasteiger partial charge in [0, 0.05) is 15.6 Å². The van der Waals surface area contributed by atoms with Crippen LogP contribution in [0.2, 0.25) is 5.02 Å². The molecule has 0 spiro atoms. The van der Waals surface area contributed by atoms with Gasteiger partial charge >= 0.3 is 0 Å². The van der Waals surface area contributed by atoms with E-state index in [0.29, 0.717) is 22.3 Å². The quantitative estimate of drug-likeness (QED) is 0.252. The first-order valence-corrected chi connectivity index (χ1v) is 13.0. The van der Waals surface area contributed by atoms with E-state index in [0.717, 1.165) is 26.2 Å². The zero-order valence-corrected chi connectivity index (χ0v) is 21.2. The fourth-order valence-electron chi connectivity index (χ4n) is 3.40. The summed E-state index contributed by atoms with van der Waals surface area (Å²) in [6.07, 6.45) is 0.921. The maximum absolute atomic E-state index is 12.9. The molecule has 0 radical (unpaired) electrons. The van der Waals surface area contributed by atoms with Gasteiger partial charge in [-0.15, -0.1) is 11.8 Å². The predicted octanol–water partition coefficient (Wildman–Crippen LogP) is 6.95. The summed E-state index contributed by atoms with van der Waals surface area (Å²) in [4.78, 5) is 30.8. The fourth-order valence-corrected chi connectivity index (χ4v) is 5.50. The van der Waals surface area contributed by atoms with E-state index in [4.69, 9.17) is 11.6 Å². The molecule has 4 aromatic rings. The number of nitrogens with one attached hydrogen (secondary N) is 2. The van der Waals surface area contributed by atoms with Gasteiger partial charge in [0.15, 0.2) is 5.13 Å². The van der Waals surface area contributed by atoms with Crippen molar-refractivity contribution in [3.8, 4) is 0 Å². The molecule has 4 rings (SSSR count). The smallest absolute Gasteiger partial charge is 0.239 e. The molecule has 3 aromatic carbocycles. The number of hydrogen-bond acceptors (Lipinski definition) is 5. The SMILES string of the molecule is CCC(Sc1cccc(NC(=O)Cc2ccc(Cl)cc2)c1)C(=O)Nc1nc2ccc(C)cc2s1. The van der Waals surface area contributed by atoms with E-state index in [1.807, 2.05) is 62.4 Å². The Bertz CT molecular complexity index is 1320. The Morgan fingerprint density at radius 3 is 2.62 bits per heavy atom. The molecule has 0 fully saturated rings. The van der Waals surface area contributed by atoms with Crippen LogP contribution in [0.4, 0.5) is 10.8 Å². The van der Waals surface area contributed by atoms with Crippen LogP contribution in [0, 0.1) is 6.92 Å². The van der Waals surface area contributed by atoms with E-state index in [9.17, 15) is 9.59 Å². The van der Waals surface area contributed by atoms with Gasteiger partial charge in [0.25, 0.3) is 0 Å². The molecule has 0 saturated carbocycles. The van der Waals surface area contributed by atoms with Crippen molar-refractivity contribution < 1.29 is 9.59 Å². The average molecular weight is 510 g/mol. The Morgan fingerprint density at radius 1 is 1.06 bits per heavy atom. The minimum atomic E-state index is -0.284. The molecule has 174 valence electrons. The van der Waals surface area contributed by atoms with Gasteiger partial charge in [-0.05, 0) is 66.9 Å². The second-order valence-corrected chi connectivity index (χ2v) is 10.6. The van der Waals surface area contributed by atoms with Crippen LogP contribution in [0.3, 0.4) is 0 Å². The Morgan fingerprint density at radius 2 is 1.85 bits per heavy atom. The molecule has 8 heteroatoms. The average Bonchev–Trinajstić information content (AvgIpc) is 3.20. The van der Waals surface area contributed by atoms with Crippen LogP contribution in [0.25, 0.3) is 10.2 Å². The first-order valence-electron chi connectivity index (χ1n) is 10.9. The third-order valence-electron chi connectivity index (χ3n) is 5.11. The van der Waals surface area contributed by atoms with Crippen LogP contribution < -0.4 is 10.6 Å². The summed E-state index contributed by atoms with van der Waals surface area (Å²) >= 11 is 8.85. The highest BCUT2D eigenvalue weighted by molar-refractivity contribution is 8.00. The van der Waals surface area contributed by atoms with E-state index >= 15 is 0 Å². The lowest BCUT2D eigenvalue weighted by Gasteiger charge is -2.14. The van der Waals surface area contributed by atoms with Crippen molar-refractivity contribution in [3.63, 3.8) is 0 Å². The van der Waals surface area contributed by atoms with Gasteiger partial charge in [0.1, 0.15) is 0 Å². The number of carbonyl (C=O) groups is 2. The van der Waals surface area contributed by atoms with Crippen molar-refractivity contribution in [3.05, 3.63) is 82.9 Å². The molecular weight excluding hydrogens is 486 g/mol. The number of thiazole rings is 1. The summed E-state index contributed by atoms with van der Waals surface area (Å²) in [6, 6.07) is 20.8. The molecule has 5 nitrogen and oxygen atoms in total. The Labute approximate surface area is 211 Å². The monoisotopic (exact) mass is 509 g/mol. The number of benzene rings is 3. The number of aromatic nitrogens is 1. The standard InChI is InChI=1S/C26H24ClN3O2S2/c1-3-22(25(32)30-26-29-21-12-7-16(2)13-23(21)34-26)33-20-6-4-5-19(15-20)28-24(31)14-17-8-10-18(27)11-9-17/h4-13,15,22H,3,14H2,1-2H3,(H,28,31)(H,29,30,32). The molecule has 0 saturated heterocycles. The first kappa shape index (κ1) is 24.3. The van der Waals surface area contributed by atoms with Crippen LogP contribution in [0.1, 0.15) is 24.5 Å². The van der Waals surface area contributed by atoms with Gasteiger partial charge in [-0.3, -0.25) is 9.59 Å². The molecule has 1 heterocycles. The molecule has 1 atom stereocenters. The summed E-state index contributed by atoms with van der Waals surface area (Å²) in [5.41, 5.74) is 3.63. The van der Waals surface area contributed by atoms with Gasteiger partial charge in [-0.1, -0.05) is 54.1 Å². The van der Waals surface area contributed by atoms with Crippen LogP contribution in [0.5, 0.6) is 0 Å². The van der Waals surface area contributed by atoms with Crippen LogP contribution in [0.15, 0.2) is 71.6 Å². The molecule has 1 unspecified atom stereocenters. The summed E-state index contributed by atoms with van der Waals surface area (Å²) in [6.45, 7) is 4.02. The van der Waals surface area contributed by atoms with Gasteiger partial charge < -0.3 is 10.6 Å². The second kappa shape index (κ2) is 11.0. The maximum atomic E-state index is 12.9. The van der Waals surface area contributed by atoms with Crippen molar-refractivity contribution in [2.45, 2.75) is 36.8 Å². The molecular formula is C26H24ClN3O2S2. The fraction of sp³-hybridized carbons (Fsp3) is 0.192. The number of carbonyl (C=O) groups excluding carboxylic acids is 2. The highest BCUT2D eigenvalue weighted by Crippen LogP contribution is 2.31. The van der Waals surface area contributed by atoms with Gasteiger partial charge in [-0.2, -0.15) is 0 Å². The topological polar surface area (TPSA) is 71.1 Å². The number of aryl methyl sites for hydroxylation is 1. The molecule has 2 N–H and O–H groups in total. The van der Waals surface area contributed by atoms with E-state index in [1.165, 1.54) is 23.1 Å². The lowest BCUT2D eigenvalue weighted by atomic mass is 10.1. The van der Waals surface area contributed by atoms with Crippen molar-refractivity contribution in [2.75, 3.05) is 10.6 Å². The molecule has 34 heavy (non-hydrogen) atoms. The number of fused-ring (bicyclic) bond motifs is 1. The second-order valence-electron chi connectivity index (χ2n) is 7.87. The molecule has 0 aliphatic carbocycles. The van der Waals surface area contributed by atoms with E-state index in [1.54, 1.807) is 12.1 Å². The Kier molecular flexibility index (Phi) is 7.88. The van der Waals surface area contributed by atoms with Gasteiger partial charge in [-0.25, -0.2) is 4.98 Å². The molecule has 0 aliphatic heterocycles. The third-order valence-corrected chi connectivity index (χ3v) is 7.65. The lowest BCUT2D eigenvalue weighted by molar-refractivity contribution is -0.116. The van der Waals surface area contributed by atoms with Crippen molar-refractivity contribution in [1.82, 2.24) is 4.98 Å². The number of nitrogens with zero attached hydrogens (tertiary/aromatic N) is 1. The van der Waals surface area contributed by atoms with E-state index in [2.05, 4.69) is 21.7 Å². The summed E-state index contributed by atoms with van der Waals surface area (Å²) in [7, 11) is 0. The minimum absolute atomic E-state index is 0.0829. The van der Waals surface area contributed by atoms with E-state index in [-0.39, 0.29) is 23.5 Å². The summed E-state index contributed by atoms with van der Waals surface area (Å²) in [5, 5.41) is 6.86. The van der Waals surface area contributed by atoms with Crippen LogP contribution >= 0.6 is 34.7 Å². The van der Waals surface area contributed by atoms with Crippen LogP contribution in [-0.2, 0) is 16.0 Å². The first-order chi connectivity index (χ1) is 16.4. The molecule has 1 aromatic heterocycles. The van der Waals surface area contributed by atoms with Gasteiger partial charge in [0.2, 0.25) is 11.8 Å². The molecule has 0 bridgehead atoms. The number of halogens is 1. The lowest BCUT2D eigenvalue weighted by Crippen LogP contribution is -2.24. The third kappa shape index (κ3) is 6.38. The number of rotatable bonds is 8. The van der Waals surface area contributed by atoms with Crippen molar-refractivity contribution in [2.24, 2.45) is 0 Å². The number of hydrogen-bond donors (Lipinski definition) is 2. The Hall–Kier alpha value is -2.87. The highest BCUT2D eigenvalue weighted by Gasteiger charge is 2.20. The summed E-state index contributed by atoms with van der Waals surface area (Å²) < 4.78 is 1.05. The van der Waals surface area contributed by atoms with Crippen LogP contribution in [-0.4, -0.2) is 22.0 Å². The number of anilines is 2. The van der Waals surface area contributed by atoms with E-state index < -0.39 is 0 Å². The maximum Gasteiger partial charge on any atom is 0.239 e. The minimum Gasteiger partial charge on any atom is -0.326 e. The zero-order valence-electron chi connectivity index (χ0n) is 18.8. The van der Waals surface area contributed by atoms with Crippen molar-refractivity contribution in [1.29, 1.82) is 0 Å². The zero-order chi connectivity index (χ0) is 24.1. The number of amides is 2. The highest BCUT2D eigenvalue weighted by atomic mass is 35.5. The normalized spacial score (nSPS) is 11.9.